The van der Waals surface area contributed by atoms with Gasteiger partial charge in [0.25, 0.3) is 0 Å². The first kappa shape index (κ1) is 14.2. The summed E-state index contributed by atoms with van der Waals surface area (Å²) in [6.07, 6.45) is 9.12. The lowest BCUT2D eigenvalue weighted by Crippen LogP contribution is -2.12. The first-order valence-corrected chi connectivity index (χ1v) is 7.19. The molecule has 1 aromatic rings. The van der Waals surface area contributed by atoms with Crippen molar-refractivity contribution in [2.75, 3.05) is 6.67 Å². The van der Waals surface area contributed by atoms with Crippen molar-refractivity contribution in [2.45, 2.75) is 44.9 Å². The highest BCUT2D eigenvalue weighted by molar-refractivity contribution is 5.30. The molecule has 0 radical (unpaired) electrons. The van der Waals surface area contributed by atoms with Crippen molar-refractivity contribution in [1.82, 2.24) is 0 Å². The maximum absolute atomic E-state index is 13.3. The predicted molar refractivity (Wildman–Crippen MR) is 75.6 cm³/mol. The number of rotatable bonds is 4. The zero-order valence-electron chi connectivity index (χ0n) is 11.5. The van der Waals surface area contributed by atoms with Crippen LogP contribution in [-0.4, -0.2) is 6.67 Å². The fraction of sp³-hybridized carbons (Fsp3) is 0.529. The molecule has 0 nitrogen and oxygen atoms in total. The molecule has 0 spiro atoms. The van der Waals surface area contributed by atoms with Gasteiger partial charge in [-0.2, -0.15) is 0 Å². The second-order valence-electron chi connectivity index (χ2n) is 5.52. The van der Waals surface area contributed by atoms with Crippen molar-refractivity contribution in [3.8, 4) is 0 Å². The molecule has 1 aliphatic rings. The van der Waals surface area contributed by atoms with E-state index in [1.165, 1.54) is 17.2 Å². The second kappa shape index (κ2) is 6.83. The standard InChI is InChI=1S/C17H22F2/c1-13-5-10-16(19)12-17(13)15-8-6-14(7-9-15)4-2-3-11-18/h2,4-5,10,12,14-15H,3,6-9,11H2,1H3/b4-2+. The molecule has 0 bridgehead atoms. The van der Waals surface area contributed by atoms with Crippen LogP contribution in [0.2, 0.25) is 0 Å². The number of hydrogen-bond acceptors (Lipinski definition) is 0. The number of benzene rings is 1. The maximum Gasteiger partial charge on any atom is 0.123 e. The zero-order chi connectivity index (χ0) is 13.7. The highest BCUT2D eigenvalue weighted by Gasteiger charge is 2.22. The van der Waals surface area contributed by atoms with Gasteiger partial charge in [-0.25, -0.2) is 4.39 Å². The van der Waals surface area contributed by atoms with E-state index in [9.17, 15) is 8.78 Å². The zero-order valence-corrected chi connectivity index (χ0v) is 11.5. The van der Waals surface area contributed by atoms with Gasteiger partial charge in [-0.1, -0.05) is 18.2 Å². The van der Waals surface area contributed by atoms with E-state index < -0.39 is 0 Å². The lowest BCUT2D eigenvalue weighted by atomic mass is 9.77. The molecular weight excluding hydrogens is 242 g/mol. The molecule has 0 atom stereocenters. The van der Waals surface area contributed by atoms with Crippen LogP contribution in [0, 0.1) is 18.7 Å². The number of halogens is 2. The number of aryl methyl sites for hydroxylation is 1. The average molecular weight is 264 g/mol. The van der Waals surface area contributed by atoms with Gasteiger partial charge in [-0.05, 0) is 74.1 Å². The van der Waals surface area contributed by atoms with Crippen LogP contribution in [0.4, 0.5) is 8.78 Å². The van der Waals surface area contributed by atoms with E-state index in [1.807, 2.05) is 12.1 Å². The predicted octanol–water partition coefficient (Wildman–Crippen LogP) is 5.32. The van der Waals surface area contributed by atoms with Crippen LogP contribution in [0.15, 0.2) is 30.4 Å². The third-order valence-electron chi connectivity index (χ3n) is 4.14. The summed E-state index contributed by atoms with van der Waals surface area (Å²) < 4.78 is 25.4. The fourth-order valence-electron chi connectivity index (χ4n) is 3.03. The molecule has 0 saturated heterocycles. The fourth-order valence-corrected chi connectivity index (χ4v) is 3.03. The molecule has 1 fully saturated rings. The van der Waals surface area contributed by atoms with E-state index in [2.05, 4.69) is 13.0 Å². The first-order valence-electron chi connectivity index (χ1n) is 7.19. The molecule has 0 unspecified atom stereocenters. The molecule has 1 aromatic carbocycles. The Balaban J connectivity index is 1.94. The molecule has 2 heteroatoms. The van der Waals surface area contributed by atoms with Crippen LogP contribution in [0.1, 0.15) is 49.1 Å². The summed E-state index contributed by atoms with van der Waals surface area (Å²) in [4.78, 5) is 0. The summed E-state index contributed by atoms with van der Waals surface area (Å²) in [5.74, 6) is 0.934. The maximum atomic E-state index is 13.3. The van der Waals surface area contributed by atoms with E-state index in [0.29, 0.717) is 18.3 Å². The highest BCUT2D eigenvalue weighted by atomic mass is 19.1. The van der Waals surface area contributed by atoms with Gasteiger partial charge in [0.15, 0.2) is 0 Å². The van der Waals surface area contributed by atoms with Crippen LogP contribution in [0.5, 0.6) is 0 Å². The van der Waals surface area contributed by atoms with Crippen molar-refractivity contribution in [1.29, 1.82) is 0 Å². The molecule has 0 amide bonds. The van der Waals surface area contributed by atoms with Gasteiger partial charge in [0.05, 0.1) is 6.67 Å². The Labute approximate surface area is 114 Å². The average Bonchev–Trinajstić information content (AvgIpc) is 2.43. The SMILES string of the molecule is Cc1ccc(F)cc1C1CCC(/C=C/CCF)CC1. The summed E-state index contributed by atoms with van der Waals surface area (Å²) in [5, 5.41) is 0. The number of hydrogen-bond donors (Lipinski definition) is 0. The molecular formula is C17H22F2. The number of alkyl halides is 1. The molecule has 0 heterocycles. The van der Waals surface area contributed by atoms with E-state index in [0.717, 1.165) is 25.7 Å². The summed E-state index contributed by atoms with van der Waals surface area (Å²) >= 11 is 0. The summed E-state index contributed by atoms with van der Waals surface area (Å²) in [6.45, 7) is 1.79. The van der Waals surface area contributed by atoms with Gasteiger partial charge in [0.1, 0.15) is 5.82 Å². The van der Waals surface area contributed by atoms with Gasteiger partial charge >= 0.3 is 0 Å². The van der Waals surface area contributed by atoms with Crippen LogP contribution in [-0.2, 0) is 0 Å². The Bertz CT molecular complexity index is 429. The van der Waals surface area contributed by atoms with Crippen molar-refractivity contribution in [3.05, 3.63) is 47.3 Å². The van der Waals surface area contributed by atoms with E-state index >= 15 is 0 Å². The Morgan fingerprint density at radius 3 is 2.63 bits per heavy atom. The van der Waals surface area contributed by atoms with Gasteiger partial charge in [0.2, 0.25) is 0 Å². The summed E-state index contributed by atoms with van der Waals surface area (Å²) in [7, 11) is 0. The third kappa shape index (κ3) is 3.89. The Kier molecular flexibility index (Phi) is 5.12. The van der Waals surface area contributed by atoms with Crippen LogP contribution < -0.4 is 0 Å². The molecule has 0 N–H and O–H groups in total. The monoisotopic (exact) mass is 264 g/mol. The number of allylic oxidation sites excluding steroid dienone is 2. The van der Waals surface area contributed by atoms with Crippen LogP contribution in [0.25, 0.3) is 0 Å². The molecule has 104 valence electrons. The molecule has 2 rings (SSSR count). The first-order chi connectivity index (χ1) is 9.20. The van der Waals surface area contributed by atoms with Crippen LogP contribution >= 0.6 is 0 Å². The van der Waals surface area contributed by atoms with Gasteiger partial charge < -0.3 is 0 Å². The largest absolute Gasteiger partial charge is 0.251 e. The minimum atomic E-state index is -0.270. The van der Waals surface area contributed by atoms with Crippen molar-refractivity contribution in [2.24, 2.45) is 5.92 Å². The van der Waals surface area contributed by atoms with E-state index in [1.54, 1.807) is 6.07 Å². The quantitative estimate of drug-likeness (QED) is 0.645. The lowest BCUT2D eigenvalue weighted by molar-refractivity contribution is 0.373. The van der Waals surface area contributed by atoms with Gasteiger partial charge in [-0.3, -0.25) is 4.39 Å². The second-order valence-corrected chi connectivity index (χ2v) is 5.52. The minimum absolute atomic E-state index is 0.134. The van der Waals surface area contributed by atoms with Gasteiger partial charge in [0, 0.05) is 0 Å². The molecule has 0 aliphatic heterocycles. The normalized spacial score (nSPS) is 23.9. The Morgan fingerprint density at radius 2 is 1.95 bits per heavy atom. The summed E-state index contributed by atoms with van der Waals surface area (Å²) in [5.41, 5.74) is 2.36. The van der Waals surface area contributed by atoms with E-state index in [-0.39, 0.29) is 12.5 Å². The van der Waals surface area contributed by atoms with Crippen molar-refractivity contribution < 1.29 is 8.78 Å². The van der Waals surface area contributed by atoms with Crippen molar-refractivity contribution >= 4 is 0 Å². The molecule has 19 heavy (non-hydrogen) atoms. The smallest absolute Gasteiger partial charge is 0.123 e. The topological polar surface area (TPSA) is 0 Å². The minimum Gasteiger partial charge on any atom is -0.251 e. The molecule has 1 saturated carbocycles. The molecule has 1 aliphatic carbocycles. The third-order valence-corrected chi connectivity index (χ3v) is 4.14. The Hall–Kier alpha value is -1.18. The lowest BCUT2D eigenvalue weighted by Gasteiger charge is -2.28. The van der Waals surface area contributed by atoms with Crippen LogP contribution in [0.3, 0.4) is 0 Å². The Morgan fingerprint density at radius 1 is 1.21 bits per heavy atom. The van der Waals surface area contributed by atoms with E-state index in [4.69, 9.17) is 0 Å². The van der Waals surface area contributed by atoms with Crippen molar-refractivity contribution in [3.63, 3.8) is 0 Å². The summed E-state index contributed by atoms with van der Waals surface area (Å²) in [6, 6.07) is 5.10. The molecule has 0 aromatic heterocycles. The van der Waals surface area contributed by atoms with Gasteiger partial charge in [-0.15, -0.1) is 0 Å². The highest BCUT2D eigenvalue weighted by Crippen LogP contribution is 2.37.